The molecule has 70 valence electrons. The minimum absolute atomic E-state index is 0.257. The SMILES string of the molecule is C=Cc1ccc(CC[SiH2]OC)cc1. The lowest BCUT2D eigenvalue weighted by Crippen LogP contribution is -1.95. The van der Waals surface area contributed by atoms with Gasteiger partial charge in [-0.2, -0.15) is 0 Å². The van der Waals surface area contributed by atoms with Crippen LogP contribution < -0.4 is 0 Å². The molecule has 1 aromatic rings. The van der Waals surface area contributed by atoms with E-state index in [2.05, 4.69) is 30.8 Å². The Kier molecular flexibility index (Phi) is 4.50. The van der Waals surface area contributed by atoms with Crippen LogP contribution in [0.15, 0.2) is 30.8 Å². The fraction of sp³-hybridized carbons (Fsp3) is 0.273. The van der Waals surface area contributed by atoms with Crippen LogP contribution in [0.3, 0.4) is 0 Å². The van der Waals surface area contributed by atoms with Crippen LogP contribution in [-0.4, -0.2) is 16.9 Å². The monoisotopic (exact) mass is 192 g/mol. The molecular weight excluding hydrogens is 176 g/mol. The van der Waals surface area contributed by atoms with Crippen LogP contribution in [0, 0.1) is 0 Å². The van der Waals surface area contributed by atoms with E-state index >= 15 is 0 Å². The number of hydrogen-bond donors (Lipinski definition) is 0. The van der Waals surface area contributed by atoms with E-state index in [1.807, 2.05) is 6.08 Å². The molecule has 0 aliphatic rings. The lowest BCUT2D eigenvalue weighted by molar-refractivity contribution is 0.440. The van der Waals surface area contributed by atoms with Crippen LogP contribution in [-0.2, 0) is 10.8 Å². The van der Waals surface area contributed by atoms with Gasteiger partial charge in [0.1, 0.15) is 0 Å². The molecule has 0 unspecified atom stereocenters. The quantitative estimate of drug-likeness (QED) is 0.512. The molecule has 0 saturated heterocycles. The van der Waals surface area contributed by atoms with Gasteiger partial charge in [0.15, 0.2) is 9.76 Å². The first-order chi connectivity index (χ1) is 6.36. The zero-order valence-electron chi connectivity index (χ0n) is 8.12. The zero-order chi connectivity index (χ0) is 9.52. The van der Waals surface area contributed by atoms with Crippen LogP contribution in [0.1, 0.15) is 11.1 Å². The third-order valence-electron chi connectivity index (χ3n) is 2.03. The van der Waals surface area contributed by atoms with Crippen molar-refractivity contribution in [2.45, 2.75) is 12.5 Å². The molecule has 1 rings (SSSR count). The van der Waals surface area contributed by atoms with Crippen LogP contribution >= 0.6 is 0 Å². The fourth-order valence-corrected chi connectivity index (χ4v) is 2.08. The summed E-state index contributed by atoms with van der Waals surface area (Å²) >= 11 is 0. The van der Waals surface area contributed by atoms with Crippen molar-refractivity contribution in [1.82, 2.24) is 0 Å². The summed E-state index contributed by atoms with van der Waals surface area (Å²) in [5.74, 6) is 0. The highest BCUT2D eigenvalue weighted by Gasteiger charge is 1.93. The Hall–Kier alpha value is -0.863. The van der Waals surface area contributed by atoms with E-state index in [0.29, 0.717) is 0 Å². The van der Waals surface area contributed by atoms with Gasteiger partial charge in [-0.05, 0) is 23.6 Å². The predicted octanol–water partition coefficient (Wildman–Crippen LogP) is 2.02. The Bertz CT molecular complexity index is 253. The third kappa shape index (κ3) is 3.57. The van der Waals surface area contributed by atoms with Gasteiger partial charge in [0.05, 0.1) is 0 Å². The Labute approximate surface area is 82.4 Å². The number of benzene rings is 1. The highest BCUT2D eigenvalue weighted by molar-refractivity contribution is 6.26. The van der Waals surface area contributed by atoms with Gasteiger partial charge in [0, 0.05) is 7.11 Å². The topological polar surface area (TPSA) is 9.23 Å². The summed E-state index contributed by atoms with van der Waals surface area (Å²) in [7, 11) is 1.54. The summed E-state index contributed by atoms with van der Waals surface area (Å²) in [6.45, 7) is 3.72. The predicted molar refractivity (Wildman–Crippen MR) is 60.6 cm³/mol. The van der Waals surface area contributed by atoms with Crippen LogP contribution in [0.2, 0.25) is 6.04 Å². The Morgan fingerprint density at radius 1 is 1.38 bits per heavy atom. The van der Waals surface area contributed by atoms with Gasteiger partial charge in [-0.15, -0.1) is 0 Å². The zero-order valence-corrected chi connectivity index (χ0v) is 9.54. The maximum atomic E-state index is 5.13. The van der Waals surface area contributed by atoms with Crippen LogP contribution in [0.4, 0.5) is 0 Å². The Morgan fingerprint density at radius 3 is 2.62 bits per heavy atom. The summed E-state index contributed by atoms with van der Waals surface area (Å²) in [5.41, 5.74) is 2.59. The molecule has 0 fully saturated rings. The van der Waals surface area contributed by atoms with E-state index in [1.165, 1.54) is 17.2 Å². The minimum Gasteiger partial charge on any atom is -0.427 e. The Morgan fingerprint density at radius 2 is 2.08 bits per heavy atom. The van der Waals surface area contributed by atoms with Gasteiger partial charge in [-0.25, -0.2) is 0 Å². The molecule has 0 amide bonds. The summed E-state index contributed by atoms with van der Waals surface area (Å²) in [6.07, 6.45) is 3.02. The summed E-state index contributed by atoms with van der Waals surface area (Å²) in [4.78, 5) is 0. The lowest BCUT2D eigenvalue weighted by Gasteiger charge is -2.00. The van der Waals surface area contributed by atoms with Gasteiger partial charge in [-0.1, -0.05) is 36.9 Å². The largest absolute Gasteiger partial charge is 0.427 e. The first kappa shape index (κ1) is 10.2. The summed E-state index contributed by atoms with van der Waals surface area (Å²) < 4.78 is 5.13. The van der Waals surface area contributed by atoms with E-state index in [1.54, 1.807) is 7.11 Å². The van der Waals surface area contributed by atoms with E-state index in [9.17, 15) is 0 Å². The molecule has 0 bridgehead atoms. The number of rotatable bonds is 5. The molecule has 0 aliphatic carbocycles. The molecule has 13 heavy (non-hydrogen) atoms. The van der Waals surface area contributed by atoms with E-state index in [-0.39, 0.29) is 9.76 Å². The number of aryl methyl sites for hydroxylation is 1. The van der Waals surface area contributed by atoms with Crippen molar-refractivity contribution in [2.24, 2.45) is 0 Å². The van der Waals surface area contributed by atoms with Crippen molar-refractivity contribution in [3.05, 3.63) is 42.0 Å². The maximum absolute atomic E-state index is 5.13. The molecule has 0 saturated carbocycles. The van der Waals surface area contributed by atoms with Crippen molar-refractivity contribution in [3.8, 4) is 0 Å². The van der Waals surface area contributed by atoms with E-state index in [0.717, 1.165) is 6.42 Å². The van der Waals surface area contributed by atoms with Gasteiger partial charge in [0.2, 0.25) is 0 Å². The Balaban J connectivity index is 2.44. The van der Waals surface area contributed by atoms with Crippen molar-refractivity contribution in [3.63, 3.8) is 0 Å². The average molecular weight is 192 g/mol. The summed E-state index contributed by atoms with van der Waals surface area (Å²) in [5, 5.41) is 0. The molecule has 0 aliphatic heterocycles. The van der Waals surface area contributed by atoms with Crippen molar-refractivity contribution in [2.75, 3.05) is 7.11 Å². The lowest BCUT2D eigenvalue weighted by atomic mass is 10.1. The second-order valence-corrected chi connectivity index (χ2v) is 4.73. The molecule has 0 atom stereocenters. The summed E-state index contributed by atoms with van der Waals surface area (Å²) in [6, 6.07) is 9.78. The first-order valence-electron chi connectivity index (χ1n) is 4.57. The first-order valence-corrected chi connectivity index (χ1v) is 6.15. The van der Waals surface area contributed by atoms with E-state index < -0.39 is 0 Å². The van der Waals surface area contributed by atoms with Gasteiger partial charge in [0.25, 0.3) is 0 Å². The number of hydrogen-bond acceptors (Lipinski definition) is 1. The highest BCUT2D eigenvalue weighted by atomic mass is 28.2. The molecule has 0 aromatic heterocycles. The molecule has 0 N–H and O–H groups in total. The molecular formula is C11H16OSi. The molecule has 1 aromatic carbocycles. The van der Waals surface area contributed by atoms with Crippen molar-refractivity contribution >= 4 is 15.8 Å². The molecule has 1 nitrogen and oxygen atoms in total. The molecule has 2 heteroatoms. The van der Waals surface area contributed by atoms with Gasteiger partial charge < -0.3 is 4.43 Å². The van der Waals surface area contributed by atoms with Crippen LogP contribution in [0.25, 0.3) is 6.08 Å². The van der Waals surface area contributed by atoms with Crippen LogP contribution in [0.5, 0.6) is 0 Å². The molecule has 0 spiro atoms. The van der Waals surface area contributed by atoms with Crippen molar-refractivity contribution in [1.29, 1.82) is 0 Å². The molecule has 0 radical (unpaired) electrons. The standard InChI is InChI=1S/C11H16OSi/c1-3-10-4-6-11(7-5-10)8-9-13-12-2/h3-7H,1,8-9,13H2,2H3. The third-order valence-corrected chi connectivity index (χ3v) is 3.08. The second kappa shape index (κ2) is 5.73. The fourth-order valence-electron chi connectivity index (χ4n) is 1.24. The normalized spacial score (nSPS) is 10.8. The average Bonchev–Trinajstić information content (AvgIpc) is 2.19. The van der Waals surface area contributed by atoms with Gasteiger partial charge >= 0.3 is 0 Å². The second-order valence-electron chi connectivity index (χ2n) is 3.04. The van der Waals surface area contributed by atoms with Crippen molar-refractivity contribution < 1.29 is 4.43 Å². The van der Waals surface area contributed by atoms with Gasteiger partial charge in [-0.3, -0.25) is 0 Å². The highest BCUT2D eigenvalue weighted by Crippen LogP contribution is 2.07. The minimum atomic E-state index is -0.257. The molecule has 0 heterocycles. The maximum Gasteiger partial charge on any atom is 0.161 e. The van der Waals surface area contributed by atoms with E-state index in [4.69, 9.17) is 4.43 Å². The smallest absolute Gasteiger partial charge is 0.161 e.